The zero-order valence-corrected chi connectivity index (χ0v) is 11.1. The molecule has 0 aromatic rings. The zero-order valence-electron chi connectivity index (χ0n) is 11.1. The topological polar surface area (TPSA) is 103 Å². The lowest BCUT2D eigenvalue weighted by molar-refractivity contribution is -0.168. The second-order valence-electron chi connectivity index (χ2n) is 5.53. The van der Waals surface area contributed by atoms with Crippen molar-refractivity contribution < 1.29 is 28.6 Å². The van der Waals surface area contributed by atoms with E-state index in [1.54, 1.807) is 0 Å². The standard InChI is InChI=1S/C14H13NO6/c1-2-9(16)19-5-10(17)20-11-7-3-8-12(11)21-13(18)14(8,4-7)6-15/h2,7-8,11-12H,1,3-5H2. The summed E-state index contributed by atoms with van der Waals surface area (Å²) in [5.74, 6) is -2.21. The van der Waals surface area contributed by atoms with Crippen molar-refractivity contribution in [2.75, 3.05) is 6.61 Å². The third-order valence-electron chi connectivity index (χ3n) is 4.53. The number of hydrogen-bond acceptors (Lipinski definition) is 7. The van der Waals surface area contributed by atoms with Gasteiger partial charge >= 0.3 is 17.9 Å². The van der Waals surface area contributed by atoms with Crippen LogP contribution >= 0.6 is 0 Å². The first kappa shape index (κ1) is 13.6. The van der Waals surface area contributed by atoms with Crippen LogP contribution in [-0.4, -0.2) is 36.7 Å². The Kier molecular flexibility index (Phi) is 2.97. The molecule has 5 atom stereocenters. The van der Waals surface area contributed by atoms with Crippen LogP contribution < -0.4 is 0 Å². The Morgan fingerprint density at radius 2 is 2.33 bits per heavy atom. The highest BCUT2D eigenvalue weighted by molar-refractivity contribution is 5.85. The Morgan fingerprint density at radius 1 is 1.57 bits per heavy atom. The van der Waals surface area contributed by atoms with Crippen LogP contribution in [-0.2, 0) is 28.6 Å². The summed E-state index contributed by atoms with van der Waals surface area (Å²) in [4.78, 5) is 34.4. The Morgan fingerprint density at radius 3 is 3.00 bits per heavy atom. The van der Waals surface area contributed by atoms with Crippen LogP contribution in [0.2, 0.25) is 0 Å². The molecule has 0 aromatic carbocycles. The van der Waals surface area contributed by atoms with E-state index in [0.29, 0.717) is 12.8 Å². The molecule has 2 saturated carbocycles. The van der Waals surface area contributed by atoms with Crippen LogP contribution in [0.25, 0.3) is 0 Å². The SMILES string of the molecule is C=CC(=O)OCC(=O)OC1C2CC3C1OC(=O)C3(C#N)C2. The number of hydrogen-bond donors (Lipinski definition) is 0. The van der Waals surface area contributed by atoms with Crippen LogP contribution in [0.4, 0.5) is 0 Å². The van der Waals surface area contributed by atoms with Gasteiger partial charge in [0.05, 0.1) is 6.07 Å². The zero-order chi connectivity index (χ0) is 15.2. The van der Waals surface area contributed by atoms with Crippen LogP contribution in [0, 0.1) is 28.6 Å². The van der Waals surface area contributed by atoms with Crippen molar-refractivity contribution in [2.45, 2.75) is 25.0 Å². The molecular formula is C14H13NO6. The molecule has 0 amide bonds. The van der Waals surface area contributed by atoms with Crippen molar-refractivity contribution in [1.29, 1.82) is 5.26 Å². The van der Waals surface area contributed by atoms with Crippen LogP contribution in [0.5, 0.6) is 0 Å². The molecule has 7 heteroatoms. The van der Waals surface area contributed by atoms with E-state index < -0.39 is 42.1 Å². The maximum Gasteiger partial charge on any atom is 0.344 e. The predicted octanol–water partition coefficient (Wildman–Crippen LogP) is 0.103. The molecule has 1 aliphatic heterocycles. The third-order valence-corrected chi connectivity index (χ3v) is 4.53. The largest absolute Gasteiger partial charge is 0.457 e. The first-order valence-corrected chi connectivity index (χ1v) is 6.63. The summed E-state index contributed by atoms with van der Waals surface area (Å²) in [6.07, 6.45) is 0.820. The van der Waals surface area contributed by atoms with Crippen molar-refractivity contribution >= 4 is 17.9 Å². The van der Waals surface area contributed by atoms with E-state index >= 15 is 0 Å². The fourth-order valence-corrected chi connectivity index (χ4v) is 3.66. The van der Waals surface area contributed by atoms with Crippen LogP contribution in [0.1, 0.15) is 12.8 Å². The first-order valence-electron chi connectivity index (χ1n) is 6.63. The summed E-state index contributed by atoms with van der Waals surface area (Å²) in [6.45, 7) is 2.70. The van der Waals surface area contributed by atoms with E-state index in [1.807, 2.05) is 0 Å². The van der Waals surface area contributed by atoms with Crippen LogP contribution in [0.15, 0.2) is 12.7 Å². The molecule has 5 unspecified atom stereocenters. The lowest BCUT2D eigenvalue weighted by Gasteiger charge is -2.27. The van der Waals surface area contributed by atoms with E-state index in [9.17, 15) is 19.6 Å². The molecule has 3 aliphatic rings. The van der Waals surface area contributed by atoms with Gasteiger partial charge in [0.25, 0.3) is 0 Å². The highest BCUT2D eigenvalue weighted by atomic mass is 16.6. The second kappa shape index (κ2) is 4.58. The summed E-state index contributed by atoms with van der Waals surface area (Å²) in [5.41, 5.74) is -1.06. The molecule has 0 aromatic heterocycles. The number of nitriles is 1. The molecule has 0 radical (unpaired) electrons. The second-order valence-corrected chi connectivity index (χ2v) is 5.53. The van der Waals surface area contributed by atoms with E-state index in [0.717, 1.165) is 6.08 Å². The molecule has 3 fully saturated rings. The molecule has 0 N–H and O–H groups in total. The van der Waals surface area contributed by atoms with Gasteiger partial charge in [-0.25, -0.2) is 9.59 Å². The smallest absolute Gasteiger partial charge is 0.344 e. The number of carbonyl (C=O) groups excluding carboxylic acids is 3. The molecule has 1 heterocycles. The van der Waals surface area contributed by atoms with Gasteiger partial charge in [-0.15, -0.1) is 0 Å². The van der Waals surface area contributed by atoms with E-state index in [2.05, 4.69) is 17.4 Å². The van der Waals surface area contributed by atoms with Gasteiger partial charge in [-0.2, -0.15) is 5.26 Å². The van der Waals surface area contributed by atoms with Crippen molar-refractivity contribution in [3.05, 3.63) is 12.7 Å². The minimum absolute atomic E-state index is 0.0647. The van der Waals surface area contributed by atoms with Gasteiger partial charge in [-0.05, 0) is 12.8 Å². The van der Waals surface area contributed by atoms with Gasteiger partial charge in [0.2, 0.25) is 0 Å². The molecule has 21 heavy (non-hydrogen) atoms. The molecule has 3 rings (SSSR count). The van der Waals surface area contributed by atoms with Gasteiger partial charge in [-0.1, -0.05) is 6.58 Å². The Bertz CT molecular complexity index is 579. The maximum atomic E-state index is 11.9. The minimum Gasteiger partial charge on any atom is -0.457 e. The lowest BCUT2D eigenvalue weighted by atomic mass is 9.75. The Labute approximate surface area is 120 Å². The number of rotatable bonds is 4. The molecule has 2 bridgehead atoms. The Balaban J connectivity index is 1.64. The fourth-order valence-electron chi connectivity index (χ4n) is 3.66. The van der Waals surface area contributed by atoms with Crippen LogP contribution in [0.3, 0.4) is 0 Å². The van der Waals surface area contributed by atoms with Gasteiger partial charge in [0.15, 0.2) is 12.0 Å². The average Bonchev–Trinajstić information content (AvgIpc) is 3.06. The molecule has 7 nitrogen and oxygen atoms in total. The minimum atomic E-state index is -1.06. The van der Waals surface area contributed by atoms with Crippen molar-refractivity contribution in [3.8, 4) is 6.07 Å². The Hall–Kier alpha value is -2.36. The summed E-state index contributed by atoms with van der Waals surface area (Å²) in [6, 6.07) is 2.08. The monoisotopic (exact) mass is 291 g/mol. The number of nitrogens with zero attached hydrogens (tertiary/aromatic N) is 1. The van der Waals surface area contributed by atoms with Gasteiger partial charge < -0.3 is 14.2 Å². The molecule has 110 valence electrons. The van der Waals surface area contributed by atoms with Crippen molar-refractivity contribution in [3.63, 3.8) is 0 Å². The van der Waals surface area contributed by atoms with Crippen molar-refractivity contribution in [1.82, 2.24) is 0 Å². The predicted molar refractivity (Wildman–Crippen MR) is 65.2 cm³/mol. The quantitative estimate of drug-likeness (QED) is 0.411. The van der Waals surface area contributed by atoms with Gasteiger partial charge in [0, 0.05) is 17.9 Å². The number of esters is 3. The molecular weight excluding hydrogens is 278 g/mol. The van der Waals surface area contributed by atoms with Crippen molar-refractivity contribution in [2.24, 2.45) is 17.3 Å². The fraction of sp³-hybridized carbons (Fsp3) is 0.571. The normalized spacial score (nSPS) is 38.5. The first-order chi connectivity index (χ1) is 10.0. The highest BCUT2D eigenvalue weighted by Crippen LogP contribution is 2.62. The average molecular weight is 291 g/mol. The summed E-state index contributed by atoms with van der Waals surface area (Å²) in [5, 5.41) is 9.25. The molecule has 1 saturated heterocycles. The number of ether oxygens (including phenoxy) is 3. The number of carbonyl (C=O) groups is 3. The van der Waals surface area contributed by atoms with E-state index in [4.69, 9.17) is 9.47 Å². The lowest BCUT2D eigenvalue weighted by Crippen LogP contribution is -2.40. The maximum absolute atomic E-state index is 11.9. The van der Waals surface area contributed by atoms with Gasteiger partial charge in [-0.3, -0.25) is 4.79 Å². The van der Waals surface area contributed by atoms with E-state index in [-0.39, 0.29) is 11.8 Å². The van der Waals surface area contributed by atoms with E-state index in [1.165, 1.54) is 0 Å². The summed E-state index contributed by atoms with van der Waals surface area (Å²) in [7, 11) is 0. The summed E-state index contributed by atoms with van der Waals surface area (Å²) >= 11 is 0. The third kappa shape index (κ3) is 1.82. The molecule has 2 aliphatic carbocycles. The summed E-state index contributed by atoms with van der Waals surface area (Å²) < 4.78 is 15.1. The molecule has 0 spiro atoms. The highest BCUT2D eigenvalue weighted by Gasteiger charge is 2.72. The van der Waals surface area contributed by atoms with Gasteiger partial charge in [0.1, 0.15) is 12.2 Å². The number of fused-ring (bicyclic) bond motifs is 1.